The van der Waals surface area contributed by atoms with Crippen LogP contribution in [-0.4, -0.2) is 97.1 Å². The Bertz CT molecular complexity index is 763. The predicted molar refractivity (Wildman–Crippen MR) is 150 cm³/mol. The molecule has 0 bridgehead atoms. The minimum atomic E-state index is -1.72. The summed E-state index contributed by atoms with van der Waals surface area (Å²) in [6.45, 7) is 1.38. The number of cyclic esters (lactones) is 1. The molecule has 1 saturated heterocycles. The molecule has 0 spiro atoms. The van der Waals surface area contributed by atoms with Crippen molar-refractivity contribution in [3.05, 3.63) is 12.2 Å². The van der Waals surface area contributed by atoms with Crippen molar-refractivity contribution in [3.63, 3.8) is 0 Å². The number of hydrogen-bond donors (Lipinski definition) is 1. The van der Waals surface area contributed by atoms with Crippen molar-refractivity contribution >= 4 is 17.8 Å². The number of allylic oxidation sites excluding steroid dienone is 1. The molecule has 0 aliphatic carbocycles. The Morgan fingerprint density at radius 2 is 1.49 bits per heavy atom. The molecule has 4 atom stereocenters. The fourth-order valence-electron chi connectivity index (χ4n) is 4.60. The van der Waals surface area contributed by atoms with Gasteiger partial charge in [-0.25, -0.2) is 9.59 Å². The minimum absolute atomic E-state index is 0.0700. The van der Waals surface area contributed by atoms with Crippen molar-refractivity contribution in [2.24, 2.45) is 0 Å². The number of methoxy groups -OCH3 is 4. The quantitative estimate of drug-likeness (QED) is 0.0677. The number of hydrogen-bond acceptors (Lipinski definition) is 11. The molecule has 0 saturated carbocycles. The molecule has 0 aromatic carbocycles. The molecule has 1 heterocycles. The Morgan fingerprint density at radius 3 is 2.07 bits per heavy atom. The van der Waals surface area contributed by atoms with Gasteiger partial charge < -0.3 is 37.9 Å². The zero-order valence-corrected chi connectivity index (χ0v) is 25.5. The lowest BCUT2D eigenvalue weighted by atomic mass is 9.87. The Hall–Kier alpha value is -2.09. The van der Waals surface area contributed by atoms with Gasteiger partial charge in [0.2, 0.25) is 5.54 Å². The van der Waals surface area contributed by atoms with Gasteiger partial charge in [0.25, 0.3) is 0 Å². The summed E-state index contributed by atoms with van der Waals surface area (Å²) in [5.74, 6) is -0.413. The van der Waals surface area contributed by atoms with Gasteiger partial charge in [0.1, 0.15) is 51.1 Å². The van der Waals surface area contributed by atoms with Gasteiger partial charge in [0, 0.05) is 34.2 Å². The normalized spacial score (nSPS) is 19.1. The van der Waals surface area contributed by atoms with Crippen LogP contribution in [0, 0.1) is 0 Å². The molecule has 12 nitrogen and oxygen atoms in total. The third kappa shape index (κ3) is 13.6. The van der Waals surface area contributed by atoms with Crippen molar-refractivity contribution in [3.8, 4) is 0 Å². The third-order valence-corrected chi connectivity index (χ3v) is 6.75. The number of rotatable bonds is 26. The number of carbonyl (C=O) groups is 3. The number of ether oxygens (including phenoxy) is 8. The highest BCUT2D eigenvalue weighted by atomic mass is 16.7. The van der Waals surface area contributed by atoms with Crippen LogP contribution in [0.4, 0.5) is 4.79 Å². The summed E-state index contributed by atoms with van der Waals surface area (Å²) in [4.78, 5) is 37.1. The zero-order valence-electron chi connectivity index (χ0n) is 25.5. The number of alkyl carbamates (subject to hydrolysis) is 1. The Labute approximate surface area is 244 Å². The molecule has 0 unspecified atom stereocenters. The fourth-order valence-corrected chi connectivity index (χ4v) is 4.60. The molecule has 238 valence electrons. The lowest BCUT2D eigenvalue weighted by Crippen LogP contribution is -2.66. The van der Waals surface area contributed by atoms with Gasteiger partial charge in [-0.2, -0.15) is 0 Å². The second kappa shape index (κ2) is 22.5. The van der Waals surface area contributed by atoms with E-state index in [-0.39, 0.29) is 27.0 Å². The number of ketones is 1. The van der Waals surface area contributed by atoms with Gasteiger partial charge in [-0.3, -0.25) is 10.1 Å². The van der Waals surface area contributed by atoms with E-state index in [1.165, 1.54) is 41.3 Å². The van der Waals surface area contributed by atoms with Crippen molar-refractivity contribution < 1.29 is 52.3 Å². The SMILES string of the molecule is CCCCCCC(=O)CCCCCC/C=C/[C@H](OCOC)[C@@H](OCOC)[C@H](OCOC)[C@]1(C(=O)OC)COC(=O)N1. The average molecular weight is 590 g/mol. The van der Waals surface area contributed by atoms with Crippen LogP contribution in [0.5, 0.6) is 0 Å². The van der Waals surface area contributed by atoms with E-state index >= 15 is 0 Å². The smallest absolute Gasteiger partial charge is 0.408 e. The summed E-state index contributed by atoms with van der Waals surface area (Å²) >= 11 is 0. The number of carbonyl (C=O) groups excluding carboxylic acids is 3. The number of nitrogens with one attached hydrogen (secondary N) is 1. The molecular formula is C29H51NO11. The van der Waals surface area contributed by atoms with Gasteiger partial charge in [-0.05, 0) is 25.7 Å². The van der Waals surface area contributed by atoms with Crippen molar-refractivity contribution in [2.45, 2.75) is 101 Å². The zero-order chi connectivity index (χ0) is 30.3. The Balaban J connectivity index is 2.88. The van der Waals surface area contributed by atoms with Gasteiger partial charge in [-0.1, -0.05) is 51.2 Å². The highest BCUT2D eigenvalue weighted by molar-refractivity contribution is 5.89. The maximum atomic E-state index is 13.0. The van der Waals surface area contributed by atoms with E-state index in [4.69, 9.17) is 37.9 Å². The van der Waals surface area contributed by atoms with Crippen LogP contribution in [-0.2, 0) is 47.5 Å². The minimum Gasteiger partial charge on any atom is -0.467 e. The van der Waals surface area contributed by atoms with Crippen LogP contribution in [0.15, 0.2) is 12.2 Å². The lowest BCUT2D eigenvalue weighted by Gasteiger charge is -2.39. The second-order valence-electron chi connectivity index (χ2n) is 9.96. The Morgan fingerprint density at radius 1 is 0.878 bits per heavy atom. The van der Waals surface area contributed by atoms with E-state index in [1.807, 2.05) is 12.2 Å². The predicted octanol–water partition coefficient (Wildman–Crippen LogP) is 4.04. The standard InChI is InChI=1S/C29H51NO11/c1-6-7-8-13-16-23(31)17-14-11-9-10-12-15-18-24(39-20-34-2)25(40-21-35-3)26(41-22-36-4)29(27(32)37-5)19-38-28(33)30-29/h15,18,24-26H,6-14,16-17,19-22H2,1-5H3,(H,30,33)/b18-15+/t24-,25+,26-,29-/m0/s1. The van der Waals surface area contributed by atoms with Crippen molar-refractivity contribution in [1.82, 2.24) is 5.32 Å². The third-order valence-electron chi connectivity index (χ3n) is 6.75. The van der Waals surface area contributed by atoms with E-state index in [0.29, 0.717) is 18.6 Å². The van der Waals surface area contributed by atoms with Gasteiger partial charge in [0.05, 0.1) is 7.11 Å². The largest absolute Gasteiger partial charge is 0.467 e. The molecule has 1 amide bonds. The highest BCUT2D eigenvalue weighted by Gasteiger charge is 2.58. The molecule has 1 fully saturated rings. The van der Waals surface area contributed by atoms with Crippen LogP contribution in [0.3, 0.4) is 0 Å². The molecule has 1 aliphatic rings. The number of Topliss-reactive ketones (excluding diaryl/α,β-unsaturated/α-hetero) is 1. The molecule has 1 N–H and O–H groups in total. The number of unbranched alkanes of at least 4 members (excludes halogenated alkanes) is 7. The van der Waals surface area contributed by atoms with E-state index in [1.54, 1.807) is 0 Å². The monoisotopic (exact) mass is 589 g/mol. The maximum Gasteiger partial charge on any atom is 0.408 e. The van der Waals surface area contributed by atoms with Crippen molar-refractivity contribution in [1.29, 1.82) is 0 Å². The van der Waals surface area contributed by atoms with Gasteiger partial charge >= 0.3 is 12.1 Å². The highest BCUT2D eigenvalue weighted by Crippen LogP contribution is 2.29. The maximum absolute atomic E-state index is 13.0. The molecule has 1 aliphatic heterocycles. The first kappa shape index (κ1) is 36.9. The van der Waals surface area contributed by atoms with E-state index in [0.717, 1.165) is 44.9 Å². The number of esters is 1. The van der Waals surface area contributed by atoms with Crippen molar-refractivity contribution in [2.75, 3.05) is 55.4 Å². The summed E-state index contributed by atoms with van der Waals surface area (Å²) < 4.78 is 43.3. The number of amides is 1. The second-order valence-corrected chi connectivity index (χ2v) is 9.96. The molecule has 0 radical (unpaired) electrons. The molecular weight excluding hydrogens is 538 g/mol. The lowest BCUT2D eigenvalue weighted by molar-refractivity contribution is -0.218. The summed E-state index contributed by atoms with van der Waals surface area (Å²) in [7, 11) is 5.58. The topological polar surface area (TPSA) is 137 Å². The van der Waals surface area contributed by atoms with Crippen LogP contribution < -0.4 is 5.32 Å². The molecule has 0 aromatic rings. The molecule has 12 heteroatoms. The summed E-state index contributed by atoms with van der Waals surface area (Å²) in [6.07, 6.45) is 10.5. The van der Waals surface area contributed by atoms with Gasteiger partial charge in [-0.15, -0.1) is 0 Å². The van der Waals surface area contributed by atoms with Crippen LogP contribution >= 0.6 is 0 Å². The molecule has 0 aromatic heterocycles. The molecule has 1 rings (SSSR count). The summed E-state index contributed by atoms with van der Waals surface area (Å²) in [5, 5.41) is 2.54. The first-order chi connectivity index (χ1) is 19.9. The van der Waals surface area contributed by atoms with Crippen LogP contribution in [0.1, 0.15) is 77.6 Å². The Kier molecular flexibility index (Phi) is 20.3. The van der Waals surface area contributed by atoms with Crippen LogP contribution in [0.25, 0.3) is 0 Å². The summed E-state index contributed by atoms with van der Waals surface area (Å²) in [6, 6.07) is 0. The average Bonchev–Trinajstić information content (AvgIpc) is 3.37. The summed E-state index contributed by atoms with van der Waals surface area (Å²) in [5.41, 5.74) is -1.72. The van der Waals surface area contributed by atoms with E-state index in [2.05, 4.69) is 12.2 Å². The van der Waals surface area contributed by atoms with E-state index in [9.17, 15) is 14.4 Å². The first-order valence-corrected chi connectivity index (χ1v) is 14.4. The first-order valence-electron chi connectivity index (χ1n) is 14.4. The fraction of sp³-hybridized carbons (Fsp3) is 0.828. The van der Waals surface area contributed by atoms with Gasteiger partial charge in [0.15, 0.2) is 0 Å². The van der Waals surface area contributed by atoms with E-state index < -0.39 is 35.9 Å². The molecule has 41 heavy (non-hydrogen) atoms. The van der Waals surface area contributed by atoms with Crippen LogP contribution in [0.2, 0.25) is 0 Å².